The molecule has 8 nitrogen and oxygen atoms in total. The number of fused-ring (bicyclic) bond motifs is 1. The van der Waals surface area contributed by atoms with Crippen LogP contribution in [-0.4, -0.2) is 70.3 Å². The van der Waals surface area contributed by atoms with Crippen molar-refractivity contribution in [3.05, 3.63) is 70.7 Å². The van der Waals surface area contributed by atoms with Crippen molar-refractivity contribution in [1.82, 2.24) is 19.2 Å². The monoisotopic (exact) mass is 462 g/mol. The molecule has 3 heterocycles. The third kappa shape index (κ3) is 4.05. The zero-order chi connectivity index (χ0) is 24.6. The Morgan fingerprint density at radius 3 is 2.65 bits per heavy atom. The number of hydrogen-bond donors (Lipinski definition) is 1. The number of aryl methyl sites for hydroxylation is 2. The molecule has 178 valence electrons. The van der Waals surface area contributed by atoms with Gasteiger partial charge in [0.25, 0.3) is 11.7 Å². The maximum Gasteiger partial charge on any atom is 0.295 e. The van der Waals surface area contributed by atoms with Crippen LogP contribution >= 0.6 is 0 Å². The SMILES string of the molecule is COc1cccc(C2C(=C(O)c3c(C)nc4c(C)cccn34)C(=O)C(=O)N2CCCN(C)C)c1. The van der Waals surface area contributed by atoms with Crippen LogP contribution in [0.2, 0.25) is 0 Å². The molecule has 1 saturated heterocycles. The normalized spacial score (nSPS) is 17.8. The number of methoxy groups -OCH3 is 1. The van der Waals surface area contributed by atoms with Gasteiger partial charge in [0.15, 0.2) is 5.76 Å². The van der Waals surface area contributed by atoms with Crippen LogP contribution < -0.4 is 4.74 Å². The molecule has 34 heavy (non-hydrogen) atoms. The summed E-state index contributed by atoms with van der Waals surface area (Å²) in [4.78, 5) is 34.7. The van der Waals surface area contributed by atoms with E-state index in [2.05, 4.69) is 4.98 Å². The molecule has 1 N–H and O–H groups in total. The fourth-order valence-corrected chi connectivity index (χ4v) is 4.56. The lowest BCUT2D eigenvalue weighted by Gasteiger charge is -2.26. The van der Waals surface area contributed by atoms with Crippen molar-refractivity contribution >= 4 is 23.1 Å². The van der Waals surface area contributed by atoms with Gasteiger partial charge in [0, 0.05) is 12.7 Å². The lowest BCUT2D eigenvalue weighted by molar-refractivity contribution is -0.139. The number of hydrogen-bond acceptors (Lipinski definition) is 6. The van der Waals surface area contributed by atoms with Gasteiger partial charge in [0.1, 0.15) is 17.1 Å². The summed E-state index contributed by atoms with van der Waals surface area (Å²) in [5.74, 6) is -0.928. The van der Waals surface area contributed by atoms with Gasteiger partial charge in [-0.3, -0.25) is 14.0 Å². The number of aliphatic hydroxyl groups excluding tert-OH is 1. The number of carbonyl (C=O) groups excluding carboxylic acids is 2. The van der Waals surface area contributed by atoms with E-state index >= 15 is 0 Å². The third-order valence-electron chi connectivity index (χ3n) is 6.20. The zero-order valence-corrected chi connectivity index (χ0v) is 20.2. The van der Waals surface area contributed by atoms with E-state index in [0.29, 0.717) is 41.3 Å². The summed E-state index contributed by atoms with van der Waals surface area (Å²) in [5.41, 5.74) is 3.40. The van der Waals surface area contributed by atoms with Crippen molar-refractivity contribution in [1.29, 1.82) is 0 Å². The van der Waals surface area contributed by atoms with Crippen LogP contribution in [0.25, 0.3) is 11.4 Å². The van der Waals surface area contributed by atoms with Crippen molar-refractivity contribution in [3.63, 3.8) is 0 Å². The average Bonchev–Trinajstić information content (AvgIpc) is 3.28. The number of rotatable bonds is 7. The number of likely N-dealkylation sites (tertiary alicyclic amines) is 1. The van der Waals surface area contributed by atoms with Crippen molar-refractivity contribution in [2.45, 2.75) is 26.3 Å². The molecule has 0 bridgehead atoms. The van der Waals surface area contributed by atoms with Crippen LogP contribution in [0.15, 0.2) is 48.2 Å². The number of aliphatic hydroxyl groups is 1. The van der Waals surface area contributed by atoms with Gasteiger partial charge in [0.05, 0.1) is 24.4 Å². The number of nitrogens with zero attached hydrogens (tertiary/aromatic N) is 4. The van der Waals surface area contributed by atoms with Crippen LogP contribution in [0, 0.1) is 13.8 Å². The van der Waals surface area contributed by atoms with Gasteiger partial charge in [-0.1, -0.05) is 18.2 Å². The van der Waals surface area contributed by atoms with Gasteiger partial charge >= 0.3 is 0 Å². The molecule has 0 spiro atoms. The molecule has 1 fully saturated rings. The molecule has 1 aliphatic rings. The lowest BCUT2D eigenvalue weighted by atomic mass is 9.96. The molecule has 1 aromatic carbocycles. The van der Waals surface area contributed by atoms with E-state index < -0.39 is 17.7 Å². The number of Topliss-reactive ketones (excluding diaryl/α,β-unsaturated/α-hetero) is 1. The molecule has 4 rings (SSSR count). The molecule has 0 radical (unpaired) electrons. The summed E-state index contributed by atoms with van der Waals surface area (Å²) in [6, 6.07) is 10.3. The molecule has 0 aliphatic carbocycles. The predicted molar refractivity (Wildman–Crippen MR) is 130 cm³/mol. The second-order valence-electron chi connectivity index (χ2n) is 8.86. The standard InChI is InChI=1S/C26H30N4O4/c1-16-9-7-13-29-21(17(2)27-25(16)29)23(31)20-22(18-10-6-11-19(15-18)34-5)30(26(33)24(20)32)14-8-12-28(3)4/h6-7,9-11,13,15,22,31H,8,12,14H2,1-5H3. The zero-order valence-electron chi connectivity index (χ0n) is 20.2. The summed E-state index contributed by atoms with van der Waals surface area (Å²) in [6.45, 7) is 4.87. The Balaban J connectivity index is 1.91. The van der Waals surface area contributed by atoms with Crippen LogP contribution in [-0.2, 0) is 9.59 Å². The van der Waals surface area contributed by atoms with Crippen molar-refractivity contribution in [2.24, 2.45) is 0 Å². The number of aromatic nitrogens is 2. The maximum absolute atomic E-state index is 13.3. The lowest BCUT2D eigenvalue weighted by Crippen LogP contribution is -2.32. The smallest absolute Gasteiger partial charge is 0.295 e. The molecule has 2 aromatic heterocycles. The third-order valence-corrected chi connectivity index (χ3v) is 6.20. The van der Waals surface area contributed by atoms with Crippen LogP contribution in [0.1, 0.15) is 35.0 Å². The molecule has 1 amide bonds. The number of ether oxygens (including phenoxy) is 1. The first kappa shape index (κ1) is 23.5. The average molecular weight is 463 g/mol. The number of amides is 1. The van der Waals surface area contributed by atoms with E-state index in [-0.39, 0.29) is 11.3 Å². The van der Waals surface area contributed by atoms with Crippen LogP contribution in [0.3, 0.4) is 0 Å². The molecule has 8 heteroatoms. The molecular weight excluding hydrogens is 432 g/mol. The summed E-state index contributed by atoms with van der Waals surface area (Å²) in [5, 5.41) is 11.5. The van der Waals surface area contributed by atoms with Crippen LogP contribution in [0.5, 0.6) is 5.75 Å². The first-order valence-corrected chi connectivity index (χ1v) is 11.3. The van der Waals surface area contributed by atoms with Crippen molar-refractivity contribution < 1.29 is 19.4 Å². The second kappa shape index (κ2) is 9.30. The number of benzene rings is 1. The topological polar surface area (TPSA) is 87.4 Å². The Kier molecular flexibility index (Phi) is 6.43. The second-order valence-corrected chi connectivity index (χ2v) is 8.86. The van der Waals surface area contributed by atoms with Crippen molar-refractivity contribution in [3.8, 4) is 5.75 Å². The van der Waals surface area contributed by atoms with Gasteiger partial charge in [-0.05, 0) is 70.2 Å². The predicted octanol–water partition coefficient (Wildman–Crippen LogP) is 3.33. The summed E-state index contributed by atoms with van der Waals surface area (Å²) in [6.07, 6.45) is 2.49. The Bertz CT molecular complexity index is 1290. The van der Waals surface area contributed by atoms with Gasteiger partial charge < -0.3 is 19.6 Å². The minimum Gasteiger partial charge on any atom is -0.505 e. The first-order chi connectivity index (χ1) is 16.2. The van der Waals surface area contributed by atoms with E-state index in [9.17, 15) is 14.7 Å². The highest BCUT2D eigenvalue weighted by Crippen LogP contribution is 2.41. The van der Waals surface area contributed by atoms with E-state index in [1.165, 1.54) is 0 Å². The van der Waals surface area contributed by atoms with E-state index in [0.717, 1.165) is 12.1 Å². The van der Waals surface area contributed by atoms with Gasteiger partial charge in [-0.2, -0.15) is 0 Å². The van der Waals surface area contributed by atoms with Gasteiger partial charge in [0.2, 0.25) is 0 Å². The first-order valence-electron chi connectivity index (χ1n) is 11.3. The number of pyridine rings is 1. The fourth-order valence-electron chi connectivity index (χ4n) is 4.56. The number of carbonyl (C=O) groups is 2. The largest absolute Gasteiger partial charge is 0.505 e. The number of imidazole rings is 1. The number of ketones is 1. The molecular formula is C26H30N4O4. The van der Waals surface area contributed by atoms with Crippen LogP contribution in [0.4, 0.5) is 0 Å². The molecule has 1 atom stereocenters. The minimum absolute atomic E-state index is 0.0644. The highest BCUT2D eigenvalue weighted by Gasteiger charge is 2.46. The van der Waals surface area contributed by atoms with E-state index in [1.54, 1.807) is 41.7 Å². The molecule has 1 unspecified atom stereocenters. The summed E-state index contributed by atoms with van der Waals surface area (Å²) in [7, 11) is 5.49. The van der Waals surface area contributed by atoms with Gasteiger partial charge in [-0.15, -0.1) is 0 Å². The maximum atomic E-state index is 13.3. The Morgan fingerprint density at radius 2 is 1.94 bits per heavy atom. The summed E-state index contributed by atoms with van der Waals surface area (Å²) < 4.78 is 7.15. The highest BCUT2D eigenvalue weighted by molar-refractivity contribution is 6.46. The van der Waals surface area contributed by atoms with E-state index in [1.807, 2.05) is 50.2 Å². The minimum atomic E-state index is -0.730. The summed E-state index contributed by atoms with van der Waals surface area (Å²) >= 11 is 0. The molecule has 1 aliphatic heterocycles. The fraction of sp³-hybridized carbons (Fsp3) is 0.346. The quantitative estimate of drug-likeness (QED) is 0.329. The molecule has 3 aromatic rings. The van der Waals surface area contributed by atoms with Gasteiger partial charge in [-0.25, -0.2) is 4.98 Å². The Hall–Kier alpha value is -3.65. The Morgan fingerprint density at radius 1 is 1.18 bits per heavy atom. The Labute approximate surface area is 199 Å². The molecule has 0 saturated carbocycles. The van der Waals surface area contributed by atoms with Crippen molar-refractivity contribution in [2.75, 3.05) is 34.3 Å². The van der Waals surface area contributed by atoms with E-state index in [4.69, 9.17) is 4.74 Å². The highest BCUT2D eigenvalue weighted by atomic mass is 16.5.